The number of hydrogen-bond donors (Lipinski definition) is 3. The molecule has 9 heteroatoms. The minimum Gasteiger partial charge on any atom is -0.370 e. The van der Waals surface area contributed by atoms with E-state index in [1.807, 2.05) is 29.9 Å². The van der Waals surface area contributed by atoms with Crippen molar-refractivity contribution < 1.29 is 4.79 Å². The summed E-state index contributed by atoms with van der Waals surface area (Å²) in [5, 5.41) is 6.45. The second kappa shape index (κ2) is 7.84. The number of benzene rings is 1. The van der Waals surface area contributed by atoms with Gasteiger partial charge in [0.2, 0.25) is 11.9 Å². The fraction of sp³-hybridized carbons (Fsp3) is 0.294. The zero-order chi connectivity index (χ0) is 17.2. The molecule has 0 atom stereocenters. The van der Waals surface area contributed by atoms with E-state index in [0.717, 1.165) is 40.1 Å². The molecule has 1 amide bonds. The number of fused-ring (bicyclic) bond motifs is 1. The molecule has 136 valence electrons. The quantitative estimate of drug-likeness (QED) is 0.570. The normalized spacial score (nSPS) is 13.2. The smallest absolute Gasteiger partial charge is 0.229 e. The SMILES string of the molecule is Cl.NC(=O)CCNc1nc(Nc2ccc3ncsc3c2)ncc1C1CC1. The van der Waals surface area contributed by atoms with E-state index in [1.54, 1.807) is 11.3 Å². The molecule has 2 aromatic heterocycles. The zero-order valence-electron chi connectivity index (χ0n) is 13.9. The van der Waals surface area contributed by atoms with Crippen molar-refractivity contribution in [3.8, 4) is 0 Å². The first-order chi connectivity index (χ1) is 12.2. The van der Waals surface area contributed by atoms with Gasteiger partial charge in [0.1, 0.15) is 5.82 Å². The Labute approximate surface area is 160 Å². The van der Waals surface area contributed by atoms with Crippen LogP contribution in [0.15, 0.2) is 29.9 Å². The van der Waals surface area contributed by atoms with Crippen molar-refractivity contribution in [2.45, 2.75) is 25.2 Å². The Bertz CT molecular complexity index is 927. The molecule has 0 unspecified atom stereocenters. The van der Waals surface area contributed by atoms with Crippen LogP contribution in [0.5, 0.6) is 0 Å². The predicted octanol–water partition coefficient (Wildman–Crippen LogP) is 3.42. The third-order valence-electron chi connectivity index (χ3n) is 4.09. The van der Waals surface area contributed by atoms with Crippen LogP contribution in [0.4, 0.5) is 17.5 Å². The molecule has 2 heterocycles. The van der Waals surface area contributed by atoms with E-state index >= 15 is 0 Å². The van der Waals surface area contributed by atoms with Gasteiger partial charge >= 0.3 is 0 Å². The summed E-state index contributed by atoms with van der Waals surface area (Å²) in [6.45, 7) is 0.471. The Morgan fingerprint density at radius 2 is 2.15 bits per heavy atom. The minimum absolute atomic E-state index is 0. The monoisotopic (exact) mass is 390 g/mol. The Kier molecular flexibility index (Phi) is 5.53. The van der Waals surface area contributed by atoms with Crippen molar-refractivity contribution in [1.29, 1.82) is 0 Å². The number of nitrogens with two attached hydrogens (primary N) is 1. The number of carbonyl (C=O) groups excluding carboxylic acids is 1. The first kappa shape index (κ1) is 18.3. The van der Waals surface area contributed by atoms with Crippen LogP contribution in [0.1, 0.15) is 30.7 Å². The molecular weight excluding hydrogens is 372 g/mol. The van der Waals surface area contributed by atoms with Crippen molar-refractivity contribution in [1.82, 2.24) is 15.0 Å². The van der Waals surface area contributed by atoms with Crippen LogP contribution < -0.4 is 16.4 Å². The van der Waals surface area contributed by atoms with Gasteiger partial charge in [-0.05, 0) is 37.0 Å². The molecule has 26 heavy (non-hydrogen) atoms. The van der Waals surface area contributed by atoms with Gasteiger partial charge in [-0.15, -0.1) is 23.7 Å². The number of anilines is 3. The average Bonchev–Trinajstić information content (AvgIpc) is 3.32. The summed E-state index contributed by atoms with van der Waals surface area (Å²) in [6.07, 6.45) is 4.45. The van der Waals surface area contributed by atoms with Gasteiger partial charge in [0.25, 0.3) is 0 Å². The van der Waals surface area contributed by atoms with Crippen molar-refractivity contribution in [2.75, 3.05) is 17.2 Å². The van der Waals surface area contributed by atoms with Crippen LogP contribution in [0.2, 0.25) is 0 Å². The van der Waals surface area contributed by atoms with Crippen LogP contribution >= 0.6 is 23.7 Å². The van der Waals surface area contributed by atoms with Gasteiger partial charge in [-0.3, -0.25) is 4.79 Å². The number of hydrogen-bond acceptors (Lipinski definition) is 7. The third kappa shape index (κ3) is 4.20. The number of carbonyl (C=O) groups is 1. The van der Waals surface area contributed by atoms with Crippen molar-refractivity contribution >= 4 is 57.3 Å². The van der Waals surface area contributed by atoms with Gasteiger partial charge in [0, 0.05) is 30.4 Å². The largest absolute Gasteiger partial charge is 0.370 e. The van der Waals surface area contributed by atoms with E-state index in [2.05, 4.69) is 25.6 Å². The lowest BCUT2D eigenvalue weighted by atomic mass is 10.2. The maximum atomic E-state index is 10.9. The molecule has 7 nitrogen and oxygen atoms in total. The van der Waals surface area contributed by atoms with E-state index in [-0.39, 0.29) is 24.7 Å². The number of amides is 1. The second-order valence-corrected chi connectivity index (χ2v) is 6.96. The third-order valence-corrected chi connectivity index (χ3v) is 4.88. The minimum atomic E-state index is -0.328. The summed E-state index contributed by atoms with van der Waals surface area (Å²) in [5.41, 5.74) is 10.0. The topological polar surface area (TPSA) is 106 Å². The van der Waals surface area contributed by atoms with E-state index in [9.17, 15) is 4.79 Å². The molecule has 3 aromatic rings. The molecule has 0 spiro atoms. The number of aromatic nitrogens is 3. The molecular formula is C17H19ClN6OS. The summed E-state index contributed by atoms with van der Waals surface area (Å²) < 4.78 is 1.11. The Balaban J connectivity index is 0.00000196. The zero-order valence-corrected chi connectivity index (χ0v) is 15.6. The Hall–Kier alpha value is -2.45. The predicted molar refractivity (Wildman–Crippen MR) is 106 cm³/mol. The molecule has 1 fully saturated rings. The van der Waals surface area contributed by atoms with Gasteiger partial charge in [-0.25, -0.2) is 9.97 Å². The number of rotatable bonds is 7. The summed E-state index contributed by atoms with van der Waals surface area (Å²) in [5.74, 6) is 1.49. The Morgan fingerprint density at radius 3 is 2.92 bits per heavy atom. The highest BCUT2D eigenvalue weighted by molar-refractivity contribution is 7.16. The number of nitrogens with one attached hydrogen (secondary N) is 2. The number of halogens is 1. The maximum absolute atomic E-state index is 10.9. The van der Waals surface area contributed by atoms with Crippen LogP contribution in [-0.4, -0.2) is 27.4 Å². The molecule has 0 bridgehead atoms. The molecule has 1 aliphatic rings. The lowest BCUT2D eigenvalue weighted by molar-refractivity contribution is -0.117. The highest BCUT2D eigenvalue weighted by Gasteiger charge is 2.27. The van der Waals surface area contributed by atoms with Gasteiger partial charge in [0.15, 0.2) is 0 Å². The maximum Gasteiger partial charge on any atom is 0.229 e. The molecule has 0 radical (unpaired) electrons. The van der Waals surface area contributed by atoms with Crippen molar-refractivity contribution in [2.24, 2.45) is 5.73 Å². The summed E-state index contributed by atoms with van der Waals surface area (Å²) in [6, 6.07) is 5.96. The first-order valence-corrected chi connectivity index (χ1v) is 9.06. The van der Waals surface area contributed by atoms with Crippen molar-refractivity contribution in [3.63, 3.8) is 0 Å². The fourth-order valence-corrected chi connectivity index (χ4v) is 3.37. The van der Waals surface area contributed by atoms with Crippen LogP contribution in [0.3, 0.4) is 0 Å². The summed E-state index contributed by atoms with van der Waals surface area (Å²) >= 11 is 1.60. The Morgan fingerprint density at radius 1 is 1.31 bits per heavy atom. The summed E-state index contributed by atoms with van der Waals surface area (Å²) in [4.78, 5) is 24.3. The number of thiazole rings is 1. The summed E-state index contributed by atoms with van der Waals surface area (Å²) in [7, 11) is 0. The lowest BCUT2D eigenvalue weighted by Gasteiger charge is -2.12. The molecule has 0 saturated heterocycles. The van der Waals surface area contributed by atoms with Crippen LogP contribution in [-0.2, 0) is 4.79 Å². The van der Waals surface area contributed by atoms with Gasteiger partial charge in [-0.1, -0.05) is 0 Å². The van der Waals surface area contributed by atoms with Gasteiger partial charge in [-0.2, -0.15) is 4.98 Å². The van der Waals surface area contributed by atoms with E-state index in [0.29, 0.717) is 18.4 Å². The first-order valence-electron chi connectivity index (χ1n) is 8.18. The van der Waals surface area contributed by atoms with E-state index in [1.165, 1.54) is 0 Å². The molecule has 0 aliphatic heterocycles. The molecule has 1 aromatic carbocycles. The van der Waals surface area contributed by atoms with Crippen molar-refractivity contribution in [3.05, 3.63) is 35.5 Å². The number of nitrogens with zero attached hydrogens (tertiary/aromatic N) is 3. The molecule has 1 aliphatic carbocycles. The lowest BCUT2D eigenvalue weighted by Crippen LogP contribution is -2.17. The number of primary amides is 1. The highest BCUT2D eigenvalue weighted by atomic mass is 35.5. The standard InChI is InChI=1S/C17H18N6OS.ClH/c18-15(24)5-6-19-16-12(10-1-2-10)8-20-17(23-16)22-11-3-4-13-14(7-11)25-9-21-13;/h3-4,7-10H,1-2,5-6H2,(H2,18,24)(H2,19,20,22,23);1H. The highest BCUT2D eigenvalue weighted by Crippen LogP contribution is 2.42. The molecule has 4 N–H and O–H groups in total. The fourth-order valence-electron chi connectivity index (χ4n) is 2.65. The van der Waals surface area contributed by atoms with Gasteiger partial charge < -0.3 is 16.4 Å². The van der Waals surface area contributed by atoms with Gasteiger partial charge in [0.05, 0.1) is 15.7 Å². The molecule has 1 saturated carbocycles. The second-order valence-electron chi connectivity index (χ2n) is 6.07. The van der Waals surface area contributed by atoms with Crippen LogP contribution in [0, 0.1) is 0 Å². The van der Waals surface area contributed by atoms with Crippen LogP contribution in [0.25, 0.3) is 10.2 Å². The molecule has 4 rings (SSSR count). The van der Waals surface area contributed by atoms with E-state index < -0.39 is 0 Å². The van der Waals surface area contributed by atoms with E-state index in [4.69, 9.17) is 5.73 Å². The average molecular weight is 391 g/mol.